The number of rotatable bonds is 7. The van der Waals surface area contributed by atoms with E-state index in [9.17, 15) is 4.79 Å². The summed E-state index contributed by atoms with van der Waals surface area (Å²) in [5.41, 5.74) is 2.38. The fourth-order valence-electron chi connectivity index (χ4n) is 2.18. The first-order valence-electron chi connectivity index (χ1n) is 7.65. The normalized spacial score (nSPS) is 10.2. The molecule has 3 rings (SSSR count). The van der Waals surface area contributed by atoms with E-state index in [4.69, 9.17) is 9.47 Å². The average Bonchev–Trinajstić information content (AvgIpc) is 2.66. The topological polar surface area (TPSA) is 48.4 Å². The molecule has 2 aromatic carbocycles. The second kappa shape index (κ2) is 7.92. The van der Waals surface area contributed by atoms with Crippen molar-refractivity contribution in [1.82, 2.24) is 4.98 Å². The minimum Gasteiger partial charge on any atom is -0.483 e. The summed E-state index contributed by atoms with van der Waals surface area (Å²) >= 11 is 0. The lowest BCUT2D eigenvalue weighted by molar-refractivity contribution is 0.111. The first-order valence-corrected chi connectivity index (χ1v) is 7.65. The van der Waals surface area contributed by atoms with Crippen molar-refractivity contribution in [3.05, 3.63) is 89.6 Å². The van der Waals surface area contributed by atoms with E-state index in [1.807, 2.05) is 60.7 Å². The highest BCUT2D eigenvalue weighted by molar-refractivity contribution is 5.72. The second-order valence-electron chi connectivity index (χ2n) is 5.21. The Kier molecular flexibility index (Phi) is 5.20. The van der Waals surface area contributed by atoms with E-state index in [0.29, 0.717) is 36.8 Å². The van der Waals surface area contributed by atoms with Gasteiger partial charge in [0.2, 0.25) is 0 Å². The van der Waals surface area contributed by atoms with Crippen molar-refractivity contribution in [3.63, 3.8) is 0 Å². The number of benzene rings is 2. The molecular formula is C20H17NO3. The van der Waals surface area contributed by atoms with Crippen LogP contribution in [0.25, 0.3) is 0 Å². The molecule has 1 aromatic heterocycles. The number of aromatic nitrogens is 1. The first kappa shape index (κ1) is 15.7. The highest BCUT2D eigenvalue weighted by Gasteiger charge is 2.09. The summed E-state index contributed by atoms with van der Waals surface area (Å²) < 4.78 is 11.6. The molecule has 0 radical (unpaired) electrons. The second-order valence-corrected chi connectivity index (χ2v) is 5.21. The van der Waals surface area contributed by atoms with Gasteiger partial charge in [-0.2, -0.15) is 0 Å². The van der Waals surface area contributed by atoms with Crippen molar-refractivity contribution < 1.29 is 14.3 Å². The number of ether oxygens (including phenoxy) is 2. The number of hydrogen-bond acceptors (Lipinski definition) is 4. The molecule has 4 nitrogen and oxygen atoms in total. The molecule has 24 heavy (non-hydrogen) atoms. The van der Waals surface area contributed by atoms with Gasteiger partial charge in [-0.15, -0.1) is 0 Å². The standard InChI is InChI=1S/C20H17NO3/c22-13-18-11-12-19(23-14-16-7-3-1-4-8-16)20(21-18)24-15-17-9-5-2-6-10-17/h1-13H,14-15H2. The Labute approximate surface area is 140 Å². The maximum atomic E-state index is 11.0. The van der Waals surface area contributed by atoms with Crippen LogP contribution in [0.4, 0.5) is 0 Å². The van der Waals surface area contributed by atoms with Gasteiger partial charge in [0, 0.05) is 0 Å². The van der Waals surface area contributed by atoms with Gasteiger partial charge in [0.05, 0.1) is 0 Å². The van der Waals surface area contributed by atoms with E-state index in [0.717, 1.165) is 11.1 Å². The number of hydrogen-bond donors (Lipinski definition) is 0. The molecule has 0 amide bonds. The van der Waals surface area contributed by atoms with E-state index in [2.05, 4.69) is 4.98 Å². The number of nitrogens with zero attached hydrogens (tertiary/aromatic N) is 1. The monoisotopic (exact) mass is 319 g/mol. The predicted molar refractivity (Wildman–Crippen MR) is 91.2 cm³/mol. The van der Waals surface area contributed by atoms with Crippen LogP contribution in [0.3, 0.4) is 0 Å². The molecule has 0 aliphatic heterocycles. The number of carbonyl (C=O) groups is 1. The van der Waals surface area contributed by atoms with E-state index in [1.165, 1.54) is 0 Å². The van der Waals surface area contributed by atoms with Crippen LogP contribution in [0.2, 0.25) is 0 Å². The Balaban J connectivity index is 1.74. The summed E-state index contributed by atoms with van der Waals surface area (Å²) in [6.07, 6.45) is 0.691. The van der Waals surface area contributed by atoms with Crippen LogP contribution < -0.4 is 9.47 Å². The Morgan fingerprint density at radius 1 is 0.750 bits per heavy atom. The molecule has 120 valence electrons. The smallest absolute Gasteiger partial charge is 0.258 e. The van der Waals surface area contributed by atoms with Crippen LogP contribution in [-0.2, 0) is 13.2 Å². The lowest BCUT2D eigenvalue weighted by Crippen LogP contribution is -2.03. The molecule has 0 saturated carbocycles. The summed E-state index contributed by atoms with van der Waals surface area (Å²) in [4.78, 5) is 15.2. The fourth-order valence-corrected chi connectivity index (χ4v) is 2.18. The predicted octanol–water partition coefficient (Wildman–Crippen LogP) is 4.05. The van der Waals surface area contributed by atoms with Gasteiger partial charge in [0.1, 0.15) is 18.9 Å². The molecular weight excluding hydrogens is 302 g/mol. The van der Waals surface area contributed by atoms with Gasteiger partial charge in [0.15, 0.2) is 12.0 Å². The zero-order valence-corrected chi connectivity index (χ0v) is 13.1. The molecule has 1 heterocycles. The van der Waals surface area contributed by atoms with Crippen LogP contribution in [0.15, 0.2) is 72.8 Å². The number of carbonyl (C=O) groups excluding carboxylic acids is 1. The van der Waals surface area contributed by atoms with Crippen molar-refractivity contribution in [3.8, 4) is 11.6 Å². The molecule has 3 aromatic rings. The van der Waals surface area contributed by atoms with Crippen LogP contribution >= 0.6 is 0 Å². The third-order valence-electron chi connectivity index (χ3n) is 3.42. The molecule has 4 heteroatoms. The Morgan fingerprint density at radius 2 is 1.33 bits per heavy atom. The largest absolute Gasteiger partial charge is 0.483 e. The fraction of sp³-hybridized carbons (Fsp3) is 0.100. The van der Waals surface area contributed by atoms with Gasteiger partial charge in [0.25, 0.3) is 5.88 Å². The van der Waals surface area contributed by atoms with Gasteiger partial charge in [-0.05, 0) is 23.3 Å². The maximum absolute atomic E-state index is 11.0. The summed E-state index contributed by atoms with van der Waals surface area (Å²) in [6, 6.07) is 22.9. The zero-order valence-electron chi connectivity index (χ0n) is 13.1. The molecule has 0 bridgehead atoms. The molecule has 0 aliphatic rings. The van der Waals surface area contributed by atoms with E-state index < -0.39 is 0 Å². The highest BCUT2D eigenvalue weighted by Crippen LogP contribution is 2.26. The van der Waals surface area contributed by atoms with Gasteiger partial charge in [-0.25, -0.2) is 4.98 Å². The Morgan fingerprint density at radius 3 is 1.92 bits per heavy atom. The van der Waals surface area contributed by atoms with Crippen molar-refractivity contribution in [1.29, 1.82) is 0 Å². The Hall–Kier alpha value is -3.14. The maximum Gasteiger partial charge on any atom is 0.258 e. The summed E-state index contributed by atoms with van der Waals surface area (Å²) in [5.74, 6) is 0.833. The molecule has 0 N–H and O–H groups in total. The third-order valence-corrected chi connectivity index (χ3v) is 3.42. The van der Waals surface area contributed by atoms with Gasteiger partial charge < -0.3 is 9.47 Å². The molecule has 0 spiro atoms. The summed E-state index contributed by atoms with van der Waals surface area (Å²) in [5, 5.41) is 0. The lowest BCUT2D eigenvalue weighted by Gasteiger charge is -2.12. The summed E-state index contributed by atoms with van der Waals surface area (Å²) in [6.45, 7) is 0.766. The van der Waals surface area contributed by atoms with Gasteiger partial charge in [-0.1, -0.05) is 60.7 Å². The molecule has 0 atom stereocenters. The number of pyridine rings is 1. The van der Waals surface area contributed by atoms with Crippen molar-refractivity contribution >= 4 is 6.29 Å². The molecule has 0 fully saturated rings. The highest BCUT2D eigenvalue weighted by atomic mass is 16.5. The van der Waals surface area contributed by atoms with Crippen LogP contribution in [0.1, 0.15) is 21.6 Å². The van der Waals surface area contributed by atoms with Crippen molar-refractivity contribution in [2.45, 2.75) is 13.2 Å². The minimum absolute atomic E-state index is 0.310. The average molecular weight is 319 g/mol. The molecule has 0 saturated heterocycles. The van der Waals surface area contributed by atoms with Gasteiger partial charge in [-0.3, -0.25) is 4.79 Å². The van der Waals surface area contributed by atoms with Crippen LogP contribution in [0.5, 0.6) is 11.6 Å². The first-order chi connectivity index (χ1) is 11.8. The minimum atomic E-state index is 0.310. The van der Waals surface area contributed by atoms with Crippen LogP contribution in [-0.4, -0.2) is 11.3 Å². The van der Waals surface area contributed by atoms with Crippen molar-refractivity contribution in [2.75, 3.05) is 0 Å². The van der Waals surface area contributed by atoms with E-state index in [1.54, 1.807) is 12.1 Å². The Bertz CT molecular complexity index is 788. The van der Waals surface area contributed by atoms with E-state index >= 15 is 0 Å². The lowest BCUT2D eigenvalue weighted by atomic mass is 10.2. The van der Waals surface area contributed by atoms with E-state index in [-0.39, 0.29) is 0 Å². The summed E-state index contributed by atoms with van der Waals surface area (Å²) in [7, 11) is 0. The van der Waals surface area contributed by atoms with Crippen molar-refractivity contribution in [2.24, 2.45) is 0 Å². The quantitative estimate of drug-likeness (QED) is 0.616. The molecule has 0 unspecified atom stereocenters. The SMILES string of the molecule is O=Cc1ccc(OCc2ccccc2)c(OCc2ccccc2)n1. The van der Waals surface area contributed by atoms with Gasteiger partial charge >= 0.3 is 0 Å². The third kappa shape index (κ3) is 4.20. The zero-order chi connectivity index (χ0) is 16.6. The van der Waals surface area contributed by atoms with Crippen LogP contribution in [0, 0.1) is 0 Å². The molecule has 0 aliphatic carbocycles. The number of aldehydes is 1.